The van der Waals surface area contributed by atoms with E-state index in [-0.39, 0.29) is 31.4 Å². The van der Waals surface area contributed by atoms with Gasteiger partial charge in [-0.1, -0.05) is 18.2 Å². The number of imide groups is 1. The maximum atomic E-state index is 11.2. The fraction of sp³-hybridized carbons (Fsp3) is 0.364. The molecule has 0 unspecified atom stereocenters. The van der Waals surface area contributed by atoms with Crippen molar-refractivity contribution in [3.05, 3.63) is 24.3 Å². The summed E-state index contributed by atoms with van der Waals surface area (Å²) in [7, 11) is 0. The third-order valence-electron chi connectivity index (χ3n) is 2.12. The standard InChI is InChI=1S/C11H15N3O3/c1-2-3-4-5-9(15)12-6-7-14-10(16)8-13-11(14)17/h2-5H,6-8H2,1H3,(H,12,15)(H,13,17)/b3-2+,5-4+. The average molecular weight is 237 g/mol. The van der Waals surface area contributed by atoms with Crippen molar-refractivity contribution < 1.29 is 14.4 Å². The number of urea groups is 1. The van der Waals surface area contributed by atoms with Crippen molar-refractivity contribution >= 4 is 17.8 Å². The molecule has 4 amide bonds. The Morgan fingerprint density at radius 2 is 2.24 bits per heavy atom. The van der Waals surface area contributed by atoms with E-state index < -0.39 is 6.03 Å². The van der Waals surface area contributed by atoms with Gasteiger partial charge in [-0.25, -0.2) is 4.79 Å². The molecule has 0 bridgehead atoms. The summed E-state index contributed by atoms with van der Waals surface area (Å²) in [5.74, 6) is -0.524. The summed E-state index contributed by atoms with van der Waals surface area (Å²) >= 11 is 0. The highest BCUT2D eigenvalue weighted by molar-refractivity contribution is 6.02. The molecule has 0 atom stereocenters. The number of carbonyl (C=O) groups excluding carboxylic acids is 3. The van der Waals surface area contributed by atoms with Crippen LogP contribution in [0.5, 0.6) is 0 Å². The Balaban J connectivity index is 2.26. The Hall–Kier alpha value is -2.11. The quantitative estimate of drug-likeness (QED) is 0.394. The molecular weight excluding hydrogens is 222 g/mol. The van der Waals surface area contributed by atoms with E-state index in [0.29, 0.717) is 0 Å². The van der Waals surface area contributed by atoms with Gasteiger partial charge < -0.3 is 10.6 Å². The van der Waals surface area contributed by atoms with Gasteiger partial charge in [-0.15, -0.1) is 0 Å². The van der Waals surface area contributed by atoms with Gasteiger partial charge in [0.05, 0.1) is 6.54 Å². The highest BCUT2D eigenvalue weighted by Gasteiger charge is 2.27. The molecule has 0 aliphatic carbocycles. The third kappa shape index (κ3) is 4.10. The monoisotopic (exact) mass is 237 g/mol. The number of hydrogen-bond donors (Lipinski definition) is 2. The third-order valence-corrected chi connectivity index (χ3v) is 2.12. The van der Waals surface area contributed by atoms with Crippen molar-refractivity contribution in [1.29, 1.82) is 0 Å². The van der Waals surface area contributed by atoms with Crippen LogP contribution in [0.15, 0.2) is 24.3 Å². The molecule has 1 saturated heterocycles. The molecule has 6 nitrogen and oxygen atoms in total. The predicted octanol–water partition coefficient (Wildman–Crippen LogP) is -0.213. The van der Waals surface area contributed by atoms with Crippen molar-refractivity contribution in [2.45, 2.75) is 6.92 Å². The van der Waals surface area contributed by atoms with Crippen molar-refractivity contribution in [3.8, 4) is 0 Å². The van der Waals surface area contributed by atoms with Gasteiger partial charge in [0, 0.05) is 19.2 Å². The summed E-state index contributed by atoms with van der Waals surface area (Å²) in [6.07, 6.45) is 6.53. The van der Waals surface area contributed by atoms with E-state index in [2.05, 4.69) is 10.6 Å². The van der Waals surface area contributed by atoms with E-state index in [1.807, 2.05) is 6.92 Å². The number of carbonyl (C=O) groups is 3. The van der Waals surface area contributed by atoms with E-state index in [4.69, 9.17) is 0 Å². The lowest BCUT2D eigenvalue weighted by Crippen LogP contribution is -2.38. The van der Waals surface area contributed by atoms with Crippen LogP contribution in [0.1, 0.15) is 6.92 Å². The van der Waals surface area contributed by atoms with Crippen LogP contribution in [0.4, 0.5) is 4.79 Å². The van der Waals surface area contributed by atoms with Gasteiger partial charge in [0.1, 0.15) is 0 Å². The molecule has 0 aromatic rings. The molecule has 1 aliphatic rings. The van der Waals surface area contributed by atoms with Crippen molar-refractivity contribution in [1.82, 2.24) is 15.5 Å². The molecule has 1 heterocycles. The SMILES string of the molecule is C/C=C/C=C/C(=O)NCCN1C(=O)CNC1=O. The molecule has 92 valence electrons. The van der Waals surface area contributed by atoms with Crippen molar-refractivity contribution in [2.75, 3.05) is 19.6 Å². The molecule has 6 heteroatoms. The zero-order chi connectivity index (χ0) is 12.7. The molecule has 1 fully saturated rings. The molecule has 2 N–H and O–H groups in total. The molecule has 0 spiro atoms. The van der Waals surface area contributed by atoms with Crippen LogP contribution in [0.3, 0.4) is 0 Å². The minimum atomic E-state index is -0.409. The van der Waals surface area contributed by atoms with Crippen LogP contribution >= 0.6 is 0 Å². The van der Waals surface area contributed by atoms with Crippen molar-refractivity contribution in [3.63, 3.8) is 0 Å². The Bertz CT molecular complexity index is 358. The second kappa shape index (κ2) is 6.47. The van der Waals surface area contributed by atoms with Crippen LogP contribution in [-0.2, 0) is 9.59 Å². The Morgan fingerprint density at radius 3 is 2.82 bits per heavy atom. The second-order valence-corrected chi connectivity index (χ2v) is 3.38. The minimum Gasteiger partial charge on any atom is -0.351 e. The van der Waals surface area contributed by atoms with Gasteiger partial charge in [0.25, 0.3) is 0 Å². The van der Waals surface area contributed by atoms with E-state index in [1.165, 1.54) is 6.08 Å². The maximum absolute atomic E-state index is 11.2. The van der Waals surface area contributed by atoms with Crippen LogP contribution in [0.25, 0.3) is 0 Å². The smallest absolute Gasteiger partial charge is 0.324 e. The summed E-state index contributed by atoms with van der Waals surface area (Å²) in [6, 6.07) is -0.409. The number of allylic oxidation sites excluding steroid dienone is 3. The first-order valence-corrected chi connectivity index (χ1v) is 5.30. The lowest BCUT2D eigenvalue weighted by atomic mass is 10.4. The maximum Gasteiger partial charge on any atom is 0.324 e. The number of nitrogens with zero attached hydrogens (tertiary/aromatic N) is 1. The lowest BCUT2D eigenvalue weighted by molar-refractivity contribution is -0.125. The van der Waals surface area contributed by atoms with Gasteiger partial charge in [0.15, 0.2) is 0 Å². The van der Waals surface area contributed by atoms with Crippen LogP contribution in [0, 0.1) is 0 Å². The largest absolute Gasteiger partial charge is 0.351 e. The summed E-state index contributed by atoms with van der Waals surface area (Å²) in [6.45, 7) is 2.32. The predicted molar refractivity (Wildman–Crippen MR) is 62.1 cm³/mol. The fourth-order valence-corrected chi connectivity index (χ4v) is 1.29. The molecule has 1 rings (SSSR count). The molecular formula is C11H15N3O3. The van der Waals surface area contributed by atoms with Crippen LogP contribution in [0.2, 0.25) is 0 Å². The first kappa shape index (κ1) is 13.0. The van der Waals surface area contributed by atoms with Gasteiger partial charge in [-0.2, -0.15) is 0 Å². The second-order valence-electron chi connectivity index (χ2n) is 3.38. The number of hydrogen-bond acceptors (Lipinski definition) is 3. The summed E-state index contributed by atoms with van der Waals surface area (Å²) in [5.41, 5.74) is 0. The number of amides is 4. The van der Waals surface area contributed by atoms with Gasteiger partial charge in [0.2, 0.25) is 11.8 Å². The zero-order valence-corrected chi connectivity index (χ0v) is 9.60. The van der Waals surface area contributed by atoms with E-state index >= 15 is 0 Å². The van der Waals surface area contributed by atoms with Gasteiger partial charge in [-0.05, 0) is 6.92 Å². The first-order valence-electron chi connectivity index (χ1n) is 5.30. The Kier molecular flexibility index (Phi) is 4.93. The highest BCUT2D eigenvalue weighted by Crippen LogP contribution is 1.96. The number of nitrogens with one attached hydrogen (secondary N) is 2. The van der Waals surface area contributed by atoms with Crippen LogP contribution in [-0.4, -0.2) is 42.4 Å². The van der Waals surface area contributed by atoms with Gasteiger partial charge >= 0.3 is 6.03 Å². The van der Waals surface area contributed by atoms with E-state index in [0.717, 1.165) is 4.90 Å². The molecule has 1 aliphatic heterocycles. The highest BCUT2D eigenvalue weighted by atomic mass is 16.2. The molecule has 17 heavy (non-hydrogen) atoms. The van der Waals surface area contributed by atoms with Crippen LogP contribution < -0.4 is 10.6 Å². The molecule has 0 aromatic carbocycles. The van der Waals surface area contributed by atoms with E-state index in [1.54, 1.807) is 18.2 Å². The van der Waals surface area contributed by atoms with Gasteiger partial charge in [-0.3, -0.25) is 14.5 Å². The van der Waals surface area contributed by atoms with Crippen molar-refractivity contribution in [2.24, 2.45) is 0 Å². The lowest BCUT2D eigenvalue weighted by Gasteiger charge is -2.11. The zero-order valence-electron chi connectivity index (χ0n) is 9.60. The number of rotatable bonds is 5. The average Bonchev–Trinajstić information content (AvgIpc) is 2.61. The Labute approximate surface area is 99.3 Å². The summed E-state index contributed by atoms with van der Waals surface area (Å²) in [5, 5.41) is 4.98. The van der Waals surface area contributed by atoms with E-state index in [9.17, 15) is 14.4 Å². The first-order chi connectivity index (χ1) is 8.15. The Morgan fingerprint density at radius 1 is 1.47 bits per heavy atom. The molecule has 0 radical (unpaired) electrons. The summed E-state index contributed by atoms with van der Waals surface area (Å²) in [4.78, 5) is 34.6. The topological polar surface area (TPSA) is 78.5 Å². The minimum absolute atomic E-state index is 0.0357. The fourth-order valence-electron chi connectivity index (χ4n) is 1.29. The molecule has 0 saturated carbocycles. The summed E-state index contributed by atoms with van der Waals surface area (Å²) < 4.78 is 0. The molecule has 0 aromatic heterocycles. The normalized spacial score (nSPS) is 15.9.